The summed E-state index contributed by atoms with van der Waals surface area (Å²) in [6, 6.07) is 104. The molecule has 13 rings (SSSR count). The minimum Gasteiger partial charge on any atom is -0.289 e. The van der Waals surface area contributed by atoms with E-state index in [0.717, 1.165) is 111 Å². The third-order valence-electron chi connectivity index (χ3n) is 16.0. The summed E-state index contributed by atoms with van der Waals surface area (Å²) in [5.74, 6) is -0.239. The molecule has 1 aliphatic carbocycles. The normalized spacial score (nSPS) is 12.0. The van der Waals surface area contributed by atoms with Crippen LogP contribution in [0.3, 0.4) is 0 Å². The fraction of sp³-hybridized carbons (Fsp3) is 0.0127. The van der Waals surface area contributed by atoms with Crippen LogP contribution in [0.1, 0.15) is 76.4 Å². The van der Waals surface area contributed by atoms with Crippen molar-refractivity contribution >= 4 is 22.7 Å². The lowest BCUT2D eigenvalue weighted by atomic mass is 9.66. The molecule has 2 nitrogen and oxygen atoms in total. The zero-order valence-electron chi connectivity index (χ0n) is 44.6. The molecule has 0 amide bonds. The summed E-state index contributed by atoms with van der Waals surface area (Å²) < 4.78 is 0. The lowest BCUT2D eigenvalue weighted by Crippen LogP contribution is -2.30. The van der Waals surface area contributed by atoms with Gasteiger partial charge in [-0.25, -0.2) is 0 Å². The fourth-order valence-electron chi connectivity index (χ4n) is 12.0. The molecule has 0 radical (unpaired) electrons. The highest BCUT2D eigenvalue weighted by Crippen LogP contribution is 2.57. The summed E-state index contributed by atoms with van der Waals surface area (Å²) in [5, 5.41) is 0. The van der Waals surface area contributed by atoms with E-state index in [0.29, 0.717) is 22.3 Å². The van der Waals surface area contributed by atoms with E-state index >= 15 is 9.59 Å². The van der Waals surface area contributed by atoms with Crippen LogP contribution in [0.4, 0.5) is 0 Å². The van der Waals surface area contributed by atoms with Crippen molar-refractivity contribution in [3.63, 3.8) is 0 Å². The molecule has 0 saturated carbocycles. The van der Waals surface area contributed by atoms with E-state index in [1.165, 1.54) is 0 Å². The van der Waals surface area contributed by atoms with Crippen molar-refractivity contribution in [1.29, 1.82) is 0 Å². The van der Waals surface area contributed by atoms with Gasteiger partial charge in [0.15, 0.2) is 11.6 Å². The molecule has 0 aromatic heterocycles. The van der Waals surface area contributed by atoms with E-state index in [9.17, 15) is 0 Å². The lowest BCUT2D eigenvalue weighted by Gasteiger charge is -2.35. The highest BCUT2D eigenvalue weighted by atomic mass is 16.1. The van der Waals surface area contributed by atoms with Gasteiger partial charge in [0.2, 0.25) is 0 Å². The van der Waals surface area contributed by atoms with Gasteiger partial charge in [-0.15, -0.1) is 0 Å². The van der Waals surface area contributed by atoms with Crippen LogP contribution in [0.15, 0.2) is 316 Å². The summed E-state index contributed by atoms with van der Waals surface area (Å²) in [4.78, 5) is 31.3. The van der Waals surface area contributed by atoms with Crippen LogP contribution in [0, 0.1) is 0 Å². The van der Waals surface area contributed by atoms with Gasteiger partial charge in [-0.05, 0) is 172 Å². The average molecular weight is 1040 g/mol. The van der Waals surface area contributed by atoms with Crippen molar-refractivity contribution in [3.05, 3.63) is 383 Å². The highest BCUT2D eigenvalue weighted by Gasteiger charge is 2.47. The lowest BCUT2D eigenvalue weighted by molar-refractivity contribution is 0.103. The molecule has 0 aliphatic heterocycles. The molecule has 382 valence electrons. The van der Waals surface area contributed by atoms with Crippen molar-refractivity contribution in [2.24, 2.45) is 0 Å². The summed E-state index contributed by atoms with van der Waals surface area (Å²) >= 11 is 0. The molecule has 0 heterocycles. The molecule has 0 N–H and O–H groups in total. The molecule has 0 atom stereocenters. The Bertz CT molecular complexity index is 3890. The van der Waals surface area contributed by atoms with Gasteiger partial charge in [-0.2, -0.15) is 0 Å². The predicted molar refractivity (Wildman–Crippen MR) is 334 cm³/mol. The SMILES string of the molecule is C=C(c1cccc(-c2ccccc2)c1)c1cc(C(=O)c2cccc(-c3ccccc3)c2)cc(C2(c3cc(C(=C)c4cccc(-c5ccccc5)c4)cc(C(=O)c4cccc(-c5ccccc5)c4)c3)c3ccccc3-c3ccccc32)c1. The van der Waals surface area contributed by atoms with E-state index in [1.807, 2.05) is 109 Å². The topological polar surface area (TPSA) is 34.1 Å². The molecule has 0 saturated heterocycles. The Morgan fingerprint density at radius 2 is 0.506 bits per heavy atom. The molecule has 12 aromatic carbocycles. The summed E-state index contributed by atoms with van der Waals surface area (Å²) in [6.07, 6.45) is 0. The van der Waals surface area contributed by atoms with E-state index in [4.69, 9.17) is 13.2 Å². The first-order chi connectivity index (χ1) is 39.8. The van der Waals surface area contributed by atoms with Crippen LogP contribution >= 0.6 is 0 Å². The number of fused-ring (bicyclic) bond motifs is 3. The zero-order valence-corrected chi connectivity index (χ0v) is 44.6. The standard InChI is InChI=1S/C79H54O2/c1-53(59-31-19-33-61(43-59)55-23-7-3-8-24-55)67-47-69(77(80)65-37-21-35-63(45-65)57-27-11-5-12-28-57)51-71(49-67)79(75-41-17-15-39-73(75)74-40-16-18-42-76(74)79)72-50-68(54(2)60-32-20-34-62(44-60)56-25-9-4-10-26-56)48-70(52-72)78(81)66-38-22-36-64(46-66)58-29-13-6-14-30-58/h3-52H,1-2H2. The third-order valence-corrected chi connectivity index (χ3v) is 16.0. The van der Waals surface area contributed by atoms with E-state index < -0.39 is 5.41 Å². The van der Waals surface area contributed by atoms with Gasteiger partial charge in [0.25, 0.3) is 0 Å². The van der Waals surface area contributed by atoms with Crippen LogP contribution in [0.2, 0.25) is 0 Å². The van der Waals surface area contributed by atoms with Crippen molar-refractivity contribution in [2.45, 2.75) is 5.41 Å². The molecule has 0 unspecified atom stereocenters. The quantitative estimate of drug-likeness (QED) is 0.102. The van der Waals surface area contributed by atoms with Crippen molar-refractivity contribution in [2.75, 3.05) is 0 Å². The Labute approximate surface area is 474 Å². The first-order valence-corrected chi connectivity index (χ1v) is 27.4. The minimum atomic E-state index is -1.08. The van der Waals surface area contributed by atoms with Gasteiger partial charge >= 0.3 is 0 Å². The second kappa shape index (κ2) is 21.4. The molecule has 0 spiro atoms. The Hall–Kier alpha value is -10.5. The second-order valence-corrected chi connectivity index (χ2v) is 20.8. The first-order valence-electron chi connectivity index (χ1n) is 27.4. The highest BCUT2D eigenvalue weighted by molar-refractivity contribution is 6.12. The second-order valence-electron chi connectivity index (χ2n) is 20.8. The number of hydrogen-bond donors (Lipinski definition) is 0. The third kappa shape index (κ3) is 9.39. The monoisotopic (exact) mass is 1030 g/mol. The van der Waals surface area contributed by atoms with E-state index in [-0.39, 0.29) is 11.6 Å². The Kier molecular flexibility index (Phi) is 13.2. The van der Waals surface area contributed by atoms with E-state index in [1.54, 1.807) is 0 Å². The summed E-state index contributed by atoms with van der Waals surface area (Å²) in [6.45, 7) is 9.68. The molecule has 0 fully saturated rings. The minimum absolute atomic E-state index is 0.119. The Morgan fingerprint density at radius 1 is 0.235 bits per heavy atom. The van der Waals surface area contributed by atoms with Gasteiger partial charge in [-0.3, -0.25) is 9.59 Å². The van der Waals surface area contributed by atoms with Crippen molar-refractivity contribution in [1.82, 2.24) is 0 Å². The molecule has 0 bridgehead atoms. The first kappa shape index (κ1) is 50.0. The van der Waals surface area contributed by atoms with Gasteiger partial charge < -0.3 is 0 Å². The van der Waals surface area contributed by atoms with Crippen LogP contribution in [0.25, 0.3) is 66.8 Å². The summed E-state index contributed by atoms with van der Waals surface area (Å²) in [5.41, 5.74) is 20.3. The van der Waals surface area contributed by atoms with Crippen molar-refractivity contribution < 1.29 is 9.59 Å². The molecule has 1 aliphatic rings. The van der Waals surface area contributed by atoms with Gasteiger partial charge in [0.05, 0.1) is 5.41 Å². The van der Waals surface area contributed by atoms with Gasteiger partial charge in [0, 0.05) is 22.3 Å². The van der Waals surface area contributed by atoms with Gasteiger partial charge in [0.1, 0.15) is 0 Å². The maximum absolute atomic E-state index is 15.7. The number of carbonyl (C=O) groups is 2. The molecule has 12 aromatic rings. The number of hydrogen-bond acceptors (Lipinski definition) is 2. The van der Waals surface area contributed by atoms with Crippen LogP contribution < -0.4 is 0 Å². The molecule has 81 heavy (non-hydrogen) atoms. The number of carbonyl (C=O) groups excluding carboxylic acids is 2. The summed E-state index contributed by atoms with van der Waals surface area (Å²) in [7, 11) is 0. The largest absolute Gasteiger partial charge is 0.289 e. The maximum atomic E-state index is 15.7. The Balaban J connectivity index is 1.07. The van der Waals surface area contributed by atoms with Crippen LogP contribution in [-0.4, -0.2) is 11.6 Å². The molecule has 2 heteroatoms. The smallest absolute Gasteiger partial charge is 0.193 e. The average Bonchev–Trinajstić information content (AvgIpc) is 3.45. The van der Waals surface area contributed by atoms with Crippen LogP contribution in [-0.2, 0) is 5.41 Å². The number of ketones is 2. The van der Waals surface area contributed by atoms with E-state index in [2.05, 4.69) is 194 Å². The number of rotatable bonds is 14. The molecular weight excluding hydrogens is 981 g/mol. The van der Waals surface area contributed by atoms with Crippen LogP contribution in [0.5, 0.6) is 0 Å². The fourth-order valence-corrected chi connectivity index (χ4v) is 12.0. The predicted octanol–water partition coefficient (Wildman–Crippen LogP) is 19.3. The zero-order chi connectivity index (χ0) is 54.9. The van der Waals surface area contributed by atoms with Gasteiger partial charge in [-0.1, -0.05) is 256 Å². The van der Waals surface area contributed by atoms with Crippen molar-refractivity contribution in [3.8, 4) is 55.6 Å². The number of benzene rings is 12. The molecular formula is C79H54O2. The Morgan fingerprint density at radius 3 is 0.852 bits per heavy atom. The maximum Gasteiger partial charge on any atom is 0.193 e.